The first-order chi connectivity index (χ1) is 10.9. The van der Waals surface area contributed by atoms with E-state index in [0.717, 1.165) is 16.8 Å². The number of hydrogen-bond donors (Lipinski definition) is 1. The highest BCUT2D eigenvalue weighted by Gasteiger charge is 2.23. The third-order valence-electron chi connectivity index (χ3n) is 3.75. The molecule has 1 aliphatic heterocycles. The smallest absolute Gasteiger partial charge is 0.345 e. The number of halogens is 1. The van der Waals surface area contributed by atoms with Crippen LogP contribution in [0.15, 0.2) is 48.5 Å². The summed E-state index contributed by atoms with van der Waals surface area (Å²) in [6.45, 7) is 6.29. The Morgan fingerprint density at radius 3 is 2.65 bits per heavy atom. The maximum atomic E-state index is 12.3. The van der Waals surface area contributed by atoms with E-state index >= 15 is 0 Å². The molecule has 23 heavy (non-hydrogen) atoms. The molecule has 1 N–H and O–H groups in total. The van der Waals surface area contributed by atoms with Gasteiger partial charge in [-0.3, -0.25) is 0 Å². The minimum atomic E-state index is -0.457. The number of anilines is 1. The van der Waals surface area contributed by atoms with Crippen LogP contribution in [-0.4, -0.2) is 11.5 Å². The lowest BCUT2D eigenvalue weighted by atomic mass is 9.91. The molecule has 0 aromatic heterocycles. The Hall–Kier alpha value is -2.26. The summed E-state index contributed by atoms with van der Waals surface area (Å²) in [6.07, 6.45) is 2.16. The number of hydrogen-bond acceptors (Lipinski definition) is 3. The van der Waals surface area contributed by atoms with E-state index in [1.54, 1.807) is 30.3 Å². The zero-order chi connectivity index (χ0) is 16.6. The fourth-order valence-corrected chi connectivity index (χ4v) is 3.03. The zero-order valence-corrected chi connectivity index (χ0v) is 14.1. The first-order valence-electron chi connectivity index (χ1n) is 7.44. The topological polar surface area (TPSA) is 38.3 Å². The van der Waals surface area contributed by atoms with Crippen molar-refractivity contribution in [1.82, 2.24) is 0 Å². The second-order valence-electron chi connectivity index (χ2n) is 6.25. The molecular weight excluding hydrogens is 310 g/mol. The molecule has 1 heterocycles. The number of ether oxygens (including phenoxy) is 1. The highest BCUT2D eigenvalue weighted by atomic mass is 35.5. The zero-order valence-electron chi connectivity index (χ0n) is 13.3. The van der Waals surface area contributed by atoms with Crippen molar-refractivity contribution in [2.75, 3.05) is 5.32 Å². The van der Waals surface area contributed by atoms with Gasteiger partial charge in [0.1, 0.15) is 5.75 Å². The van der Waals surface area contributed by atoms with E-state index < -0.39 is 5.97 Å². The first-order valence-corrected chi connectivity index (χ1v) is 7.82. The van der Waals surface area contributed by atoms with Gasteiger partial charge < -0.3 is 10.1 Å². The van der Waals surface area contributed by atoms with Gasteiger partial charge in [-0.2, -0.15) is 0 Å². The van der Waals surface area contributed by atoms with Gasteiger partial charge in [0.25, 0.3) is 0 Å². The van der Waals surface area contributed by atoms with Crippen molar-refractivity contribution in [1.29, 1.82) is 0 Å². The Kier molecular flexibility index (Phi) is 3.90. The summed E-state index contributed by atoms with van der Waals surface area (Å²) in [5.41, 5.74) is 3.49. The highest BCUT2D eigenvalue weighted by molar-refractivity contribution is 6.33. The molecule has 3 rings (SSSR count). The van der Waals surface area contributed by atoms with Crippen LogP contribution in [-0.2, 0) is 0 Å². The number of rotatable bonds is 2. The summed E-state index contributed by atoms with van der Waals surface area (Å²) in [7, 11) is 0. The molecule has 0 aliphatic carbocycles. The summed E-state index contributed by atoms with van der Waals surface area (Å²) in [4.78, 5) is 12.3. The van der Waals surface area contributed by atoms with Gasteiger partial charge >= 0.3 is 5.97 Å². The normalized spacial score (nSPS) is 15.2. The summed E-state index contributed by atoms with van der Waals surface area (Å²) in [5, 5.41) is 3.83. The van der Waals surface area contributed by atoms with Crippen LogP contribution >= 0.6 is 11.6 Å². The Balaban J connectivity index is 1.88. The lowest BCUT2D eigenvalue weighted by Gasteiger charge is -2.31. The molecule has 0 bridgehead atoms. The van der Waals surface area contributed by atoms with Crippen LogP contribution in [0.2, 0.25) is 5.02 Å². The molecule has 0 fully saturated rings. The Morgan fingerprint density at radius 1 is 1.17 bits per heavy atom. The van der Waals surface area contributed by atoms with Crippen molar-refractivity contribution in [2.24, 2.45) is 0 Å². The molecule has 3 nitrogen and oxygen atoms in total. The van der Waals surface area contributed by atoms with E-state index in [1.165, 1.54) is 0 Å². The van der Waals surface area contributed by atoms with E-state index in [2.05, 4.69) is 32.2 Å². The van der Waals surface area contributed by atoms with Crippen molar-refractivity contribution < 1.29 is 9.53 Å². The third kappa shape index (κ3) is 3.25. The molecule has 2 aromatic carbocycles. The van der Waals surface area contributed by atoms with Gasteiger partial charge in [-0.25, -0.2) is 4.79 Å². The fraction of sp³-hybridized carbons (Fsp3) is 0.211. The quantitative estimate of drug-likeness (QED) is 0.611. The largest absolute Gasteiger partial charge is 0.423 e. The van der Waals surface area contributed by atoms with E-state index in [1.807, 2.05) is 12.1 Å². The number of carbonyl (C=O) groups excluding carboxylic acids is 1. The van der Waals surface area contributed by atoms with Crippen molar-refractivity contribution in [3.05, 3.63) is 64.7 Å². The maximum absolute atomic E-state index is 12.3. The Bertz CT molecular complexity index is 809. The van der Waals surface area contributed by atoms with Crippen molar-refractivity contribution in [2.45, 2.75) is 26.3 Å². The van der Waals surface area contributed by atoms with Gasteiger partial charge in [0.15, 0.2) is 0 Å². The van der Waals surface area contributed by atoms with Crippen LogP contribution in [0.1, 0.15) is 36.7 Å². The molecule has 2 aromatic rings. The molecule has 0 unspecified atom stereocenters. The van der Waals surface area contributed by atoms with Crippen LogP contribution in [0.5, 0.6) is 5.75 Å². The average Bonchev–Trinajstić information content (AvgIpc) is 2.47. The van der Waals surface area contributed by atoms with Crippen molar-refractivity contribution >= 4 is 28.8 Å². The molecule has 0 saturated heterocycles. The summed E-state index contributed by atoms with van der Waals surface area (Å²) >= 11 is 6.04. The molecule has 1 aliphatic rings. The van der Waals surface area contributed by atoms with Gasteiger partial charge in [0.05, 0.1) is 16.1 Å². The average molecular weight is 328 g/mol. The number of carbonyl (C=O) groups is 1. The number of allylic oxidation sites excluding steroid dienone is 1. The van der Waals surface area contributed by atoms with Crippen LogP contribution in [0, 0.1) is 0 Å². The third-order valence-corrected chi connectivity index (χ3v) is 4.08. The van der Waals surface area contributed by atoms with Gasteiger partial charge in [-0.05, 0) is 56.7 Å². The molecule has 0 saturated carbocycles. The molecule has 4 heteroatoms. The van der Waals surface area contributed by atoms with E-state index in [0.29, 0.717) is 16.3 Å². The van der Waals surface area contributed by atoms with Gasteiger partial charge in [0, 0.05) is 11.3 Å². The number of esters is 1. The van der Waals surface area contributed by atoms with Crippen LogP contribution < -0.4 is 10.1 Å². The number of fused-ring (bicyclic) bond motifs is 1. The van der Waals surface area contributed by atoms with Crippen molar-refractivity contribution in [3.8, 4) is 5.75 Å². The fourth-order valence-electron chi connectivity index (χ4n) is 2.81. The maximum Gasteiger partial charge on any atom is 0.345 e. The first kappa shape index (κ1) is 15.6. The van der Waals surface area contributed by atoms with Crippen LogP contribution in [0.4, 0.5) is 5.69 Å². The van der Waals surface area contributed by atoms with Gasteiger partial charge in [-0.15, -0.1) is 0 Å². The SMILES string of the molecule is CC1=CC(C)(C)Nc2ccc(OC(=O)c3ccccc3Cl)cc21. The minimum Gasteiger partial charge on any atom is -0.423 e. The van der Waals surface area contributed by atoms with E-state index in [4.69, 9.17) is 16.3 Å². The van der Waals surface area contributed by atoms with Gasteiger partial charge in [0.2, 0.25) is 0 Å². The summed E-state index contributed by atoms with van der Waals surface area (Å²) < 4.78 is 5.47. The predicted molar refractivity (Wildman–Crippen MR) is 94.2 cm³/mol. The summed E-state index contributed by atoms with van der Waals surface area (Å²) in [5.74, 6) is 0.0456. The number of benzene rings is 2. The lowest BCUT2D eigenvalue weighted by Crippen LogP contribution is -2.31. The van der Waals surface area contributed by atoms with Gasteiger partial charge in [-0.1, -0.05) is 29.8 Å². The highest BCUT2D eigenvalue weighted by Crippen LogP contribution is 2.36. The minimum absolute atomic E-state index is 0.0904. The van der Waals surface area contributed by atoms with E-state index in [-0.39, 0.29) is 5.54 Å². The molecule has 0 atom stereocenters. The monoisotopic (exact) mass is 327 g/mol. The predicted octanol–water partition coefficient (Wildman–Crippen LogP) is 5.17. The van der Waals surface area contributed by atoms with Crippen LogP contribution in [0.25, 0.3) is 5.57 Å². The number of nitrogens with one attached hydrogen (secondary N) is 1. The molecule has 0 amide bonds. The molecule has 0 spiro atoms. The lowest BCUT2D eigenvalue weighted by molar-refractivity contribution is 0.0735. The summed E-state index contributed by atoms with van der Waals surface area (Å²) in [6, 6.07) is 12.5. The second-order valence-corrected chi connectivity index (χ2v) is 6.66. The molecule has 0 radical (unpaired) electrons. The molecular formula is C19H18ClNO2. The standard InChI is InChI=1S/C19H18ClNO2/c1-12-11-19(2,3)21-17-9-8-13(10-15(12)17)23-18(22)14-6-4-5-7-16(14)20/h4-11,21H,1-3H3. The molecule has 118 valence electrons. The van der Waals surface area contributed by atoms with Crippen LogP contribution in [0.3, 0.4) is 0 Å². The van der Waals surface area contributed by atoms with Crippen molar-refractivity contribution in [3.63, 3.8) is 0 Å². The van der Waals surface area contributed by atoms with E-state index in [9.17, 15) is 4.79 Å². The second kappa shape index (κ2) is 5.74. The Labute approximate surface area is 140 Å². The Morgan fingerprint density at radius 2 is 1.91 bits per heavy atom.